The first kappa shape index (κ1) is 19.0. The molecular weight excluding hydrogens is 340 g/mol. The summed E-state index contributed by atoms with van der Waals surface area (Å²) in [4.78, 5) is 25.6. The van der Waals surface area contributed by atoms with Crippen molar-refractivity contribution in [3.63, 3.8) is 0 Å². The van der Waals surface area contributed by atoms with E-state index in [4.69, 9.17) is 0 Å². The van der Waals surface area contributed by atoms with Gasteiger partial charge >= 0.3 is 0 Å². The second kappa shape index (κ2) is 8.26. The number of amides is 1. The Labute approximate surface area is 159 Å². The molecule has 0 N–H and O–H groups in total. The number of carbonyl (C=O) groups is 1. The topological polar surface area (TPSA) is 66.6 Å². The number of hydrogen-bond donors (Lipinski definition) is 0. The minimum Gasteiger partial charge on any atom is -0.335 e. The fourth-order valence-electron chi connectivity index (χ4n) is 3.08. The Kier molecular flexibility index (Phi) is 5.81. The highest BCUT2D eigenvalue weighted by Gasteiger charge is 2.22. The van der Waals surface area contributed by atoms with E-state index in [9.17, 15) is 4.79 Å². The maximum Gasteiger partial charge on any atom is 0.259 e. The van der Waals surface area contributed by atoms with Crippen LogP contribution in [0.25, 0.3) is 5.65 Å². The Morgan fingerprint density at radius 1 is 1.19 bits per heavy atom. The average Bonchev–Trinajstić information content (AvgIpc) is 3.14. The number of carbonyl (C=O) groups excluding carboxylic acids is 1. The Hall–Kier alpha value is -2.80. The van der Waals surface area contributed by atoms with Gasteiger partial charge in [0.1, 0.15) is 5.56 Å². The standard InChI is InChI=1S/C20H26N6O/c1-5-25(6-2)13-16-11-22-19-18(12-23-26(19)14-16)20(27)24(4)15(3)17-7-9-21-10-8-17/h7-12,14-15H,5-6,13H2,1-4H3/t15-/m1/s1. The molecule has 3 aromatic rings. The minimum atomic E-state index is -0.0988. The van der Waals surface area contributed by atoms with E-state index >= 15 is 0 Å². The minimum absolute atomic E-state index is 0.0719. The van der Waals surface area contributed by atoms with Crippen LogP contribution in [0.4, 0.5) is 0 Å². The summed E-state index contributed by atoms with van der Waals surface area (Å²) in [6, 6.07) is 3.77. The summed E-state index contributed by atoms with van der Waals surface area (Å²) in [5.74, 6) is -0.0988. The maximum atomic E-state index is 13.0. The fraction of sp³-hybridized carbons (Fsp3) is 0.400. The highest BCUT2D eigenvalue weighted by atomic mass is 16.2. The van der Waals surface area contributed by atoms with Crippen LogP contribution in [-0.4, -0.2) is 55.4 Å². The molecule has 0 aliphatic carbocycles. The Balaban J connectivity index is 1.83. The van der Waals surface area contributed by atoms with Gasteiger partial charge in [-0.3, -0.25) is 14.7 Å². The lowest BCUT2D eigenvalue weighted by Crippen LogP contribution is -2.29. The van der Waals surface area contributed by atoms with Crippen LogP contribution in [0.1, 0.15) is 48.3 Å². The van der Waals surface area contributed by atoms with Crippen molar-refractivity contribution in [1.29, 1.82) is 0 Å². The molecule has 0 unspecified atom stereocenters. The third kappa shape index (κ3) is 3.98. The van der Waals surface area contributed by atoms with Gasteiger partial charge in [0, 0.05) is 43.9 Å². The maximum absolute atomic E-state index is 13.0. The highest BCUT2D eigenvalue weighted by molar-refractivity contribution is 5.99. The zero-order chi connectivity index (χ0) is 19.4. The smallest absolute Gasteiger partial charge is 0.259 e. The molecule has 0 fully saturated rings. The number of aromatic nitrogens is 4. The van der Waals surface area contributed by atoms with Crippen LogP contribution in [0.15, 0.2) is 43.1 Å². The number of fused-ring (bicyclic) bond motifs is 1. The van der Waals surface area contributed by atoms with E-state index in [1.54, 1.807) is 35.1 Å². The third-order valence-corrected chi connectivity index (χ3v) is 5.03. The normalized spacial score (nSPS) is 12.5. The quantitative estimate of drug-likeness (QED) is 0.643. The van der Waals surface area contributed by atoms with E-state index in [2.05, 4.69) is 33.8 Å². The number of rotatable bonds is 7. The summed E-state index contributed by atoms with van der Waals surface area (Å²) in [5, 5.41) is 4.35. The third-order valence-electron chi connectivity index (χ3n) is 5.03. The van der Waals surface area contributed by atoms with Crippen molar-refractivity contribution in [3.8, 4) is 0 Å². The summed E-state index contributed by atoms with van der Waals surface area (Å²) in [5.41, 5.74) is 3.20. The van der Waals surface area contributed by atoms with E-state index in [0.29, 0.717) is 11.2 Å². The van der Waals surface area contributed by atoms with Crippen LogP contribution in [-0.2, 0) is 6.54 Å². The molecule has 0 bridgehead atoms. The molecular formula is C20H26N6O. The van der Waals surface area contributed by atoms with E-state index in [-0.39, 0.29) is 11.9 Å². The number of nitrogens with zero attached hydrogens (tertiary/aromatic N) is 6. The van der Waals surface area contributed by atoms with E-state index in [1.807, 2.05) is 31.5 Å². The van der Waals surface area contributed by atoms with Crippen molar-refractivity contribution >= 4 is 11.6 Å². The molecule has 0 aliphatic heterocycles. The van der Waals surface area contributed by atoms with Crippen molar-refractivity contribution in [2.45, 2.75) is 33.4 Å². The molecule has 0 aromatic carbocycles. The SMILES string of the molecule is CCN(CC)Cc1cnc2c(C(=O)N(C)[C@H](C)c3ccncc3)cnn2c1. The molecule has 3 heterocycles. The van der Waals surface area contributed by atoms with Crippen molar-refractivity contribution in [2.75, 3.05) is 20.1 Å². The van der Waals surface area contributed by atoms with Crippen LogP contribution >= 0.6 is 0 Å². The lowest BCUT2D eigenvalue weighted by Gasteiger charge is -2.24. The van der Waals surface area contributed by atoms with Crippen LogP contribution < -0.4 is 0 Å². The number of hydrogen-bond acceptors (Lipinski definition) is 5. The summed E-state index contributed by atoms with van der Waals surface area (Å²) in [7, 11) is 1.80. The van der Waals surface area contributed by atoms with Gasteiger partial charge in [-0.25, -0.2) is 9.50 Å². The van der Waals surface area contributed by atoms with Crippen molar-refractivity contribution in [2.24, 2.45) is 0 Å². The Bertz CT molecular complexity index is 903. The molecule has 0 saturated carbocycles. The van der Waals surface area contributed by atoms with E-state index in [0.717, 1.165) is 30.8 Å². The molecule has 0 radical (unpaired) electrons. The van der Waals surface area contributed by atoms with Gasteiger partial charge in [0.05, 0.1) is 12.2 Å². The zero-order valence-electron chi connectivity index (χ0n) is 16.3. The van der Waals surface area contributed by atoms with Crippen LogP contribution in [0, 0.1) is 0 Å². The van der Waals surface area contributed by atoms with Gasteiger partial charge in [0.15, 0.2) is 5.65 Å². The molecule has 27 heavy (non-hydrogen) atoms. The zero-order valence-corrected chi connectivity index (χ0v) is 16.3. The second-order valence-electron chi connectivity index (χ2n) is 6.62. The van der Waals surface area contributed by atoms with E-state index < -0.39 is 0 Å². The molecule has 0 spiro atoms. The van der Waals surface area contributed by atoms with Crippen molar-refractivity contribution < 1.29 is 4.79 Å². The molecule has 1 atom stereocenters. The first-order chi connectivity index (χ1) is 13.0. The first-order valence-electron chi connectivity index (χ1n) is 9.26. The molecule has 1 amide bonds. The largest absolute Gasteiger partial charge is 0.335 e. The number of pyridine rings is 1. The highest BCUT2D eigenvalue weighted by Crippen LogP contribution is 2.21. The van der Waals surface area contributed by atoms with Crippen LogP contribution in [0.3, 0.4) is 0 Å². The van der Waals surface area contributed by atoms with Gasteiger partial charge in [-0.15, -0.1) is 0 Å². The van der Waals surface area contributed by atoms with Crippen molar-refractivity contribution in [3.05, 3.63) is 59.8 Å². The summed E-state index contributed by atoms with van der Waals surface area (Å²) < 4.78 is 1.69. The first-order valence-corrected chi connectivity index (χ1v) is 9.26. The average molecular weight is 366 g/mol. The summed E-state index contributed by atoms with van der Waals surface area (Å²) in [6.07, 6.45) is 8.85. The molecule has 0 aliphatic rings. The lowest BCUT2D eigenvalue weighted by atomic mass is 10.1. The Morgan fingerprint density at radius 2 is 1.89 bits per heavy atom. The predicted octanol–water partition coefficient (Wildman–Crippen LogP) is 2.80. The van der Waals surface area contributed by atoms with Crippen LogP contribution in [0.2, 0.25) is 0 Å². The van der Waals surface area contributed by atoms with Crippen molar-refractivity contribution in [1.82, 2.24) is 29.4 Å². The lowest BCUT2D eigenvalue weighted by molar-refractivity contribution is 0.0744. The Morgan fingerprint density at radius 3 is 2.56 bits per heavy atom. The summed E-state index contributed by atoms with van der Waals surface area (Å²) >= 11 is 0. The molecule has 3 aromatic heterocycles. The van der Waals surface area contributed by atoms with Gasteiger partial charge in [0.2, 0.25) is 0 Å². The van der Waals surface area contributed by atoms with Crippen LogP contribution in [0.5, 0.6) is 0 Å². The van der Waals surface area contributed by atoms with Gasteiger partial charge < -0.3 is 4.90 Å². The second-order valence-corrected chi connectivity index (χ2v) is 6.62. The molecule has 7 nitrogen and oxygen atoms in total. The van der Waals surface area contributed by atoms with Gasteiger partial charge in [-0.1, -0.05) is 13.8 Å². The van der Waals surface area contributed by atoms with E-state index in [1.165, 1.54) is 0 Å². The van der Waals surface area contributed by atoms with Gasteiger partial charge in [-0.2, -0.15) is 5.10 Å². The fourth-order valence-corrected chi connectivity index (χ4v) is 3.08. The molecule has 142 valence electrons. The molecule has 3 rings (SSSR count). The molecule has 7 heteroatoms. The monoisotopic (exact) mass is 366 g/mol. The molecule has 0 saturated heterocycles. The predicted molar refractivity (Wildman–Crippen MR) is 104 cm³/mol. The summed E-state index contributed by atoms with van der Waals surface area (Å²) in [6.45, 7) is 9.05. The van der Waals surface area contributed by atoms with Gasteiger partial charge in [-0.05, 0) is 37.7 Å². The van der Waals surface area contributed by atoms with Gasteiger partial charge in [0.25, 0.3) is 5.91 Å².